The van der Waals surface area contributed by atoms with Gasteiger partial charge >= 0.3 is 0 Å². The number of aryl methyl sites for hydroxylation is 1. The summed E-state index contributed by atoms with van der Waals surface area (Å²) in [6.45, 7) is 1.90. The zero-order valence-electron chi connectivity index (χ0n) is 20.0. The number of rotatable bonds is 9. The van der Waals surface area contributed by atoms with E-state index in [2.05, 4.69) is 10.6 Å². The van der Waals surface area contributed by atoms with Crippen molar-refractivity contribution >= 4 is 22.6 Å². The van der Waals surface area contributed by atoms with Crippen LogP contribution >= 0.6 is 0 Å². The summed E-state index contributed by atoms with van der Waals surface area (Å²) >= 11 is 0. The zero-order chi connectivity index (χ0) is 24.2. The van der Waals surface area contributed by atoms with E-state index in [9.17, 15) is 4.79 Å². The third-order valence-corrected chi connectivity index (χ3v) is 6.39. The lowest BCUT2D eigenvalue weighted by molar-refractivity contribution is -0.117. The van der Waals surface area contributed by atoms with Gasteiger partial charge in [0.05, 0.1) is 37.5 Å². The highest BCUT2D eigenvalue weighted by Gasteiger charge is 2.36. The molecule has 1 saturated heterocycles. The molecule has 1 unspecified atom stereocenters. The molecule has 1 aliphatic heterocycles. The molecular formula is C28H29N3O4. The Balaban J connectivity index is 1.38. The molecule has 0 spiro atoms. The number of carbonyl (C=O) groups is 1. The van der Waals surface area contributed by atoms with Gasteiger partial charge in [-0.15, -0.1) is 0 Å². The SMILES string of the molecule is COc1ccc(OC)c(N2CC(c3nc4ccccc4n3CCCOc3ccccc3)CC2=O)c1. The van der Waals surface area contributed by atoms with Crippen LogP contribution in [0, 0.1) is 0 Å². The smallest absolute Gasteiger partial charge is 0.227 e. The van der Waals surface area contributed by atoms with E-state index in [1.807, 2.05) is 66.7 Å². The first-order valence-electron chi connectivity index (χ1n) is 11.8. The number of fused-ring (bicyclic) bond motifs is 1. The maximum absolute atomic E-state index is 13.1. The number of imidazole rings is 1. The number of aromatic nitrogens is 2. The van der Waals surface area contributed by atoms with Gasteiger partial charge in [0.1, 0.15) is 23.1 Å². The molecule has 5 rings (SSSR count). The van der Waals surface area contributed by atoms with Crippen LogP contribution in [0.25, 0.3) is 11.0 Å². The van der Waals surface area contributed by atoms with Gasteiger partial charge in [-0.25, -0.2) is 4.98 Å². The quantitative estimate of drug-likeness (QED) is 0.320. The second-order valence-electron chi connectivity index (χ2n) is 8.57. The molecule has 0 aliphatic carbocycles. The summed E-state index contributed by atoms with van der Waals surface area (Å²) in [5, 5.41) is 0. The van der Waals surface area contributed by atoms with E-state index in [4.69, 9.17) is 19.2 Å². The molecule has 7 heteroatoms. The first-order chi connectivity index (χ1) is 17.2. The van der Waals surface area contributed by atoms with Crippen molar-refractivity contribution in [3.8, 4) is 17.2 Å². The van der Waals surface area contributed by atoms with Gasteiger partial charge in [0.15, 0.2) is 0 Å². The summed E-state index contributed by atoms with van der Waals surface area (Å²) in [6.07, 6.45) is 1.22. The van der Waals surface area contributed by atoms with Crippen molar-refractivity contribution in [2.75, 3.05) is 32.3 Å². The Kier molecular flexibility index (Phi) is 6.57. The van der Waals surface area contributed by atoms with Crippen LogP contribution in [0.1, 0.15) is 24.6 Å². The van der Waals surface area contributed by atoms with Crippen molar-refractivity contribution in [1.29, 1.82) is 0 Å². The van der Waals surface area contributed by atoms with Crippen LogP contribution in [-0.4, -0.2) is 42.8 Å². The molecule has 1 atom stereocenters. The minimum atomic E-state index is -0.0270. The molecule has 7 nitrogen and oxygen atoms in total. The summed E-state index contributed by atoms with van der Waals surface area (Å²) < 4.78 is 19.1. The van der Waals surface area contributed by atoms with Crippen LogP contribution in [0.2, 0.25) is 0 Å². The van der Waals surface area contributed by atoms with Crippen LogP contribution in [0.3, 0.4) is 0 Å². The molecule has 35 heavy (non-hydrogen) atoms. The highest BCUT2D eigenvalue weighted by atomic mass is 16.5. The lowest BCUT2D eigenvalue weighted by Gasteiger charge is -2.20. The van der Waals surface area contributed by atoms with Gasteiger partial charge in [-0.2, -0.15) is 0 Å². The lowest BCUT2D eigenvalue weighted by atomic mass is 10.1. The number of hydrogen-bond acceptors (Lipinski definition) is 5. The van der Waals surface area contributed by atoms with Gasteiger partial charge in [-0.05, 0) is 42.8 Å². The van der Waals surface area contributed by atoms with Gasteiger partial charge < -0.3 is 23.7 Å². The Morgan fingerprint density at radius 3 is 2.54 bits per heavy atom. The number of hydrogen-bond donors (Lipinski definition) is 0. The maximum atomic E-state index is 13.1. The molecule has 1 amide bonds. The predicted octanol–water partition coefficient (Wildman–Crippen LogP) is 5.04. The fraction of sp³-hybridized carbons (Fsp3) is 0.286. The number of carbonyl (C=O) groups excluding carboxylic acids is 1. The Labute approximate surface area is 204 Å². The number of ether oxygens (including phenoxy) is 3. The van der Waals surface area contributed by atoms with Crippen molar-refractivity contribution in [2.45, 2.75) is 25.3 Å². The molecule has 0 saturated carbocycles. The predicted molar refractivity (Wildman–Crippen MR) is 136 cm³/mol. The molecule has 180 valence electrons. The highest BCUT2D eigenvalue weighted by Crippen LogP contribution is 2.39. The Morgan fingerprint density at radius 2 is 1.74 bits per heavy atom. The van der Waals surface area contributed by atoms with Gasteiger partial charge in [0.25, 0.3) is 0 Å². The number of methoxy groups -OCH3 is 2. The zero-order valence-corrected chi connectivity index (χ0v) is 20.0. The van der Waals surface area contributed by atoms with E-state index in [-0.39, 0.29) is 11.8 Å². The van der Waals surface area contributed by atoms with E-state index in [1.54, 1.807) is 19.1 Å². The fourth-order valence-corrected chi connectivity index (χ4v) is 4.69. The molecule has 2 heterocycles. The molecule has 4 aromatic rings. The summed E-state index contributed by atoms with van der Waals surface area (Å²) in [6, 6.07) is 23.5. The summed E-state index contributed by atoms with van der Waals surface area (Å²) in [5.74, 6) is 3.15. The number of benzene rings is 3. The van der Waals surface area contributed by atoms with E-state index in [0.29, 0.717) is 31.1 Å². The van der Waals surface area contributed by atoms with Crippen molar-refractivity contribution in [3.05, 3.63) is 78.6 Å². The second-order valence-corrected chi connectivity index (χ2v) is 8.57. The molecule has 1 aromatic heterocycles. The lowest BCUT2D eigenvalue weighted by Crippen LogP contribution is -2.25. The first kappa shape index (κ1) is 22.8. The molecule has 3 aromatic carbocycles. The standard InChI is InChI=1S/C28H29N3O4/c1-33-22-13-14-26(34-2)25(18-22)31-19-20(17-27(31)32)28-29-23-11-6-7-12-24(23)30(28)15-8-16-35-21-9-4-3-5-10-21/h3-7,9-14,18,20H,8,15-17,19H2,1-2H3. The average Bonchev–Trinajstić information content (AvgIpc) is 3.47. The van der Waals surface area contributed by atoms with E-state index < -0.39 is 0 Å². The van der Waals surface area contributed by atoms with E-state index >= 15 is 0 Å². The minimum Gasteiger partial charge on any atom is -0.497 e. The van der Waals surface area contributed by atoms with Crippen molar-refractivity contribution in [1.82, 2.24) is 9.55 Å². The molecule has 0 radical (unpaired) electrons. The number of nitrogens with zero attached hydrogens (tertiary/aromatic N) is 3. The molecule has 0 N–H and O–H groups in total. The Hall–Kier alpha value is -4.00. The van der Waals surface area contributed by atoms with E-state index in [0.717, 1.165) is 41.3 Å². The monoisotopic (exact) mass is 471 g/mol. The van der Waals surface area contributed by atoms with Gasteiger partial charge in [0, 0.05) is 31.5 Å². The minimum absolute atomic E-state index is 0.0270. The maximum Gasteiger partial charge on any atom is 0.227 e. The number of amides is 1. The van der Waals surface area contributed by atoms with Crippen LogP contribution in [0.5, 0.6) is 17.2 Å². The fourth-order valence-electron chi connectivity index (χ4n) is 4.69. The molecule has 1 fully saturated rings. The van der Waals surface area contributed by atoms with Crippen LogP contribution in [0.15, 0.2) is 72.8 Å². The van der Waals surface area contributed by atoms with Crippen molar-refractivity contribution < 1.29 is 19.0 Å². The van der Waals surface area contributed by atoms with Gasteiger partial charge in [0.2, 0.25) is 5.91 Å². The van der Waals surface area contributed by atoms with Crippen LogP contribution in [0.4, 0.5) is 5.69 Å². The topological polar surface area (TPSA) is 65.8 Å². The summed E-state index contributed by atoms with van der Waals surface area (Å²) in [7, 11) is 3.23. The number of para-hydroxylation sites is 3. The first-order valence-corrected chi connectivity index (χ1v) is 11.8. The largest absolute Gasteiger partial charge is 0.497 e. The van der Waals surface area contributed by atoms with Crippen molar-refractivity contribution in [3.63, 3.8) is 0 Å². The highest BCUT2D eigenvalue weighted by molar-refractivity contribution is 5.98. The van der Waals surface area contributed by atoms with Gasteiger partial charge in [-0.3, -0.25) is 4.79 Å². The third-order valence-electron chi connectivity index (χ3n) is 6.39. The molecule has 0 bridgehead atoms. The van der Waals surface area contributed by atoms with Crippen LogP contribution in [-0.2, 0) is 11.3 Å². The van der Waals surface area contributed by atoms with Crippen molar-refractivity contribution in [2.24, 2.45) is 0 Å². The summed E-state index contributed by atoms with van der Waals surface area (Å²) in [5.41, 5.74) is 2.74. The number of anilines is 1. The molecule has 1 aliphatic rings. The average molecular weight is 472 g/mol. The Bertz CT molecular complexity index is 1320. The third kappa shape index (κ3) is 4.67. The molecular weight excluding hydrogens is 442 g/mol. The van der Waals surface area contributed by atoms with E-state index in [1.165, 1.54) is 0 Å². The second kappa shape index (κ2) is 10.1. The normalized spacial score (nSPS) is 15.5. The van der Waals surface area contributed by atoms with Gasteiger partial charge in [-0.1, -0.05) is 30.3 Å². The summed E-state index contributed by atoms with van der Waals surface area (Å²) in [4.78, 5) is 19.9. The van der Waals surface area contributed by atoms with Crippen LogP contribution < -0.4 is 19.1 Å². The Morgan fingerprint density at radius 1 is 0.943 bits per heavy atom.